The molecule has 0 heterocycles. The van der Waals surface area contributed by atoms with Crippen LogP contribution < -0.4 is 17.0 Å². The summed E-state index contributed by atoms with van der Waals surface area (Å²) in [6.07, 6.45) is 0. The number of nitrogens with one attached hydrogen (secondary N) is 1. The van der Waals surface area contributed by atoms with Crippen molar-refractivity contribution in [2.45, 2.75) is 10.6 Å². The van der Waals surface area contributed by atoms with Gasteiger partial charge in [0.2, 0.25) is 0 Å². The van der Waals surface area contributed by atoms with E-state index >= 15 is 0 Å². The minimum absolute atomic E-state index is 0.287. The number of thioether (sulfide) groups is 1. The number of hydrogen-bond acceptors (Lipinski definition) is 4. The molecule has 2 aromatic carbocycles. The first-order valence-corrected chi connectivity index (χ1v) is 7.65. The summed E-state index contributed by atoms with van der Waals surface area (Å²) in [5.74, 6) is 5.61. The normalized spacial score (nSPS) is 10.3. The number of carbonyl (C=O) groups is 1. The molecule has 0 saturated heterocycles. The largest absolute Gasteiger partial charge is 0.399 e. The second kappa shape index (κ2) is 6.78. The van der Waals surface area contributed by atoms with Gasteiger partial charge in [0, 0.05) is 26.4 Å². The van der Waals surface area contributed by atoms with Gasteiger partial charge in [-0.3, -0.25) is 10.2 Å². The summed E-state index contributed by atoms with van der Waals surface area (Å²) in [7, 11) is 0. The van der Waals surface area contributed by atoms with Crippen molar-refractivity contribution in [3.63, 3.8) is 0 Å². The van der Waals surface area contributed by atoms with Crippen LogP contribution in [0.2, 0.25) is 0 Å². The number of carbonyl (C=O) groups excluding carboxylic acids is 1. The fourth-order valence-corrected chi connectivity index (χ4v) is 3.25. The van der Waals surface area contributed by atoms with E-state index in [9.17, 15) is 4.79 Å². The molecule has 0 unspecified atom stereocenters. The predicted molar refractivity (Wildman–Crippen MR) is 86.2 cm³/mol. The first-order chi connectivity index (χ1) is 9.60. The molecule has 0 spiro atoms. The van der Waals surface area contributed by atoms with Crippen LogP contribution in [0.5, 0.6) is 0 Å². The Kier molecular flexibility index (Phi) is 5.05. The zero-order valence-corrected chi connectivity index (χ0v) is 13.0. The number of hydrazine groups is 1. The van der Waals surface area contributed by atoms with Crippen LogP contribution in [-0.4, -0.2) is 5.91 Å². The van der Waals surface area contributed by atoms with Crippen molar-refractivity contribution in [3.05, 3.63) is 58.1 Å². The zero-order chi connectivity index (χ0) is 14.5. The maximum atomic E-state index is 11.3. The predicted octanol–water partition coefficient (Wildman–Crippen LogP) is 2.93. The molecule has 2 rings (SSSR count). The van der Waals surface area contributed by atoms with Crippen LogP contribution in [0.3, 0.4) is 0 Å². The molecule has 0 radical (unpaired) electrons. The lowest BCUT2D eigenvalue weighted by Gasteiger charge is -2.06. The molecule has 0 saturated carbocycles. The maximum Gasteiger partial charge on any atom is 0.265 e. The van der Waals surface area contributed by atoms with Crippen molar-refractivity contribution in [2.24, 2.45) is 5.84 Å². The van der Waals surface area contributed by atoms with E-state index in [-0.39, 0.29) is 5.91 Å². The second-order valence-corrected chi connectivity index (χ2v) is 6.02. The molecule has 6 heteroatoms. The number of hydrogen-bond donors (Lipinski definition) is 3. The van der Waals surface area contributed by atoms with Gasteiger partial charge in [0.15, 0.2) is 0 Å². The Morgan fingerprint density at radius 3 is 2.50 bits per heavy atom. The standard InChI is InChI=1S/C14H14BrN3OS/c15-12-7-11(16)5-6-13(12)20-8-9-1-3-10(4-2-9)14(19)18-17/h1-7H,8,16-17H2,(H,18,19). The van der Waals surface area contributed by atoms with E-state index in [0.717, 1.165) is 26.4 Å². The Balaban J connectivity index is 2.02. The van der Waals surface area contributed by atoms with Crippen LogP contribution >= 0.6 is 27.7 Å². The van der Waals surface area contributed by atoms with Crippen molar-refractivity contribution >= 4 is 39.3 Å². The maximum absolute atomic E-state index is 11.3. The average molecular weight is 352 g/mol. The second-order valence-electron chi connectivity index (χ2n) is 4.15. The quantitative estimate of drug-likeness (QED) is 0.260. The van der Waals surface area contributed by atoms with Gasteiger partial charge >= 0.3 is 0 Å². The first kappa shape index (κ1) is 14.9. The molecule has 5 N–H and O–H groups in total. The summed E-state index contributed by atoms with van der Waals surface area (Å²) >= 11 is 5.19. The highest BCUT2D eigenvalue weighted by Gasteiger charge is 2.04. The Labute approximate surface area is 130 Å². The SMILES string of the molecule is NNC(=O)c1ccc(CSc2ccc(N)cc2Br)cc1. The molecule has 4 nitrogen and oxygen atoms in total. The molecule has 0 atom stereocenters. The smallest absolute Gasteiger partial charge is 0.265 e. The number of nitrogen functional groups attached to an aromatic ring is 2. The lowest BCUT2D eigenvalue weighted by atomic mass is 10.1. The van der Waals surface area contributed by atoms with Crippen LogP contribution in [0.25, 0.3) is 0 Å². The molecule has 0 aliphatic rings. The average Bonchev–Trinajstić information content (AvgIpc) is 2.46. The summed E-state index contributed by atoms with van der Waals surface area (Å²) in [6, 6.07) is 13.1. The van der Waals surface area contributed by atoms with E-state index < -0.39 is 0 Å². The lowest BCUT2D eigenvalue weighted by molar-refractivity contribution is 0.0953. The fourth-order valence-electron chi connectivity index (χ4n) is 1.63. The molecule has 0 aromatic heterocycles. The van der Waals surface area contributed by atoms with Gasteiger partial charge < -0.3 is 5.73 Å². The Morgan fingerprint density at radius 2 is 1.90 bits per heavy atom. The highest BCUT2D eigenvalue weighted by Crippen LogP contribution is 2.31. The van der Waals surface area contributed by atoms with Crippen molar-refractivity contribution in [1.29, 1.82) is 0 Å². The number of benzene rings is 2. The molecule has 0 bridgehead atoms. The van der Waals surface area contributed by atoms with Crippen LogP contribution in [0, 0.1) is 0 Å². The Bertz CT molecular complexity index is 616. The van der Waals surface area contributed by atoms with Crippen molar-refractivity contribution in [3.8, 4) is 0 Å². The summed E-state index contributed by atoms with van der Waals surface area (Å²) in [5.41, 5.74) is 10.2. The summed E-state index contributed by atoms with van der Waals surface area (Å²) in [4.78, 5) is 12.4. The Hall–Kier alpha value is -1.50. The molecule has 0 fully saturated rings. The molecule has 2 aromatic rings. The molecule has 0 aliphatic carbocycles. The summed E-state index contributed by atoms with van der Waals surface area (Å²) < 4.78 is 0.988. The number of anilines is 1. The van der Waals surface area contributed by atoms with E-state index in [1.807, 2.05) is 30.3 Å². The molecular formula is C14H14BrN3OS. The third-order valence-electron chi connectivity index (χ3n) is 2.70. The van der Waals surface area contributed by atoms with Crippen molar-refractivity contribution in [2.75, 3.05) is 5.73 Å². The van der Waals surface area contributed by atoms with Gasteiger partial charge in [0.1, 0.15) is 0 Å². The van der Waals surface area contributed by atoms with Gasteiger partial charge in [-0.25, -0.2) is 5.84 Å². The topological polar surface area (TPSA) is 81.1 Å². The van der Waals surface area contributed by atoms with E-state index in [1.165, 1.54) is 0 Å². The first-order valence-electron chi connectivity index (χ1n) is 5.88. The van der Waals surface area contributed by atoms with E-state index in [0.29, 0.717) is 5.56 Å². The van der Waals surface area contributed by atoms with Crippen molar-refractivity contribution in [1.82, 2.24) is 5.43 Å². The Morgan fingerprint density at radius 1 is 1.20 bits per heavy atom. The lowest BCUT2D eigenvalue weighted by Crippen LogP contribution is -2.29. The van der Waals surface area contributed by atoms with E-state index in [2.05, 4.69) is 21.4 Å². The fraction of sp³-hybridized carbons (Fsp3) is 0.0714. The molecule has 104 valence electrons. The monoisotopic (exact) mass is 351 g/mol. The van der Waals surface area contributed by atoms with Gasteiger partial charge in [-0.15, -0.1) is 11.8 Å². The molecule has 1 amide bonds. The third kappa shape index (κ3) is 3.75. The highest BCUT2D eigenvalue weighted by molar-refractivity contribution is 9.10. The minimum atomic E-state index is -0.287. The number of amides is 1. The molecular weight excluding hydrogens is 338 g/mol. The van der Waals surface area contributed by atoms with E-state index in [4.69, 9.17) is 11.6 Å². The van der Waals surface area contributed by atoms with Crippen LogP contribution in [0.4, 0.5) is 5.69 Å². The van der Waals surface area contributed by atoms with E-state index in [1.54, 1.807) is 23.9 Å². The highest BCUT2D eigenvalue weighted by atomic mass is 79.9. The van der Waals surface area contributed by atoms with Gasteiger partial charge in [-0.1, -0.05) is 12.1 Å². The zero-order valence-electron chi connectivity index (χ0n) is 10.6. The number of halogens is 1. The molecule has 20 heavy (non-hydrogen) atoms. The number of rotatable bonds is 4. The van der Waals surface area contributed by atoms with Gasteiger partial charge in [0.25, 0.3) is 5.91 Å². The van der Waals surface area contributed by atoms with Crippen LogP contribution in [0.15, 0.2) is 51.8 Å². The van der Waals surface area contributed by atoms with Crippen LogP contribution in [0.1, 0.15) is 15.9 Å². The van der Waals surface area contributed by atoms with Crippen molar-refractivity contribution < 1.29 is 4.79 Å². The minimum Gasteiger partial charge on any atom is -0.399 e. The molecule has 0 aliphatic heterocycles. The third-order valence-corrected chi connectivity index (χ3v) is 4.76. The van der Waals surface area contributed by atoms with Crippen LogP contribution in [-0.2, 0) is 5.75 Å². The summed E-state index contributed by atoms with van der Waals surface area (Å²) in [5, 5.41) is 0. The summed E-state index contributed by atoms with van der Waals surface area (Å²) in [6.45, 7) is 0. The van der Waals surface area contributed by atoms with Gasteiger partial charge in [-0.2, -0.15) is 0 Å². The van der Waals surface area contributed by atoms with Gasteiger partial charge in [0.05, 0.1) is 0 Å². The number of nitrogens with two attached hydrogens (primary N) is 2. The van der Waals surface area contributed by atoms with Gasteiger partial charge in [-0.05, 0) is 51.8 Å².